The van der Waals surface area contributed by atoms with Crippen LogP contribution in [-0.2, 0) is 9.53 Å². The number of nitrogens with two attached hydrogens (primary N) is 1. The SMILES string of the molecule is COC(=O)C1CCCN(c2ccc3nc(N)nn3c2C)C1. The van der Waals surface area contributed by atoms with Gasteiger partial charge >= 0.3 is 5.97 Å². The average molecular weight is 289 g/mol. The summed E-state index contributed by atoms with van der Waals surface area (Å²) in [6.07, 6.45) is 1.84. The number of esters is 1. The Balaban J connectivity index is 1.92. The summed E-state index contributed by atoms with van der Waals surface area (Å²) in [5.41, 5.74) is 8.41. The number of carbonyl (C=O) groups is 1. The summed E-state index contributed by atoms with van der Waals surface area (Å²) in [7, 11) is 1.44. The summed E-state index contributed by atoms with van der Waals surface area (Å²) >= 11 is 0. The molecule has 0 spiro atoms. The van der Waals surface area contributed by atoms with Gasteiger partial charge in [0.1, 0.15) is 0 Å². The number of hydrogen-bond donors (Lipinski definition) is 1. The van der Waals surface area contributed by atoms with Gasteiger partial charge in [0, 0.05) is 13.1 Å². The van der Waals surface area contributed by atoms with Crippen molar-refractivity contribution in [2.45, 2.75) is 19.8 Å². The van der Waals surface area contributed by atoms with Crippen molar-refractivity contribution in [1.29, 1.82) is 0 Å². The van der Waals surface area contributed by atoms with Gasteiger partial charge in [-0.2, -0.15) is 4.98 Å². The third-order valence-corrected chi connectivity index (χ3v) is 4.02. The second-order valence-corrected chi connectivity index (χ2v) is 5.35. The molecule has 1 fully saturated rings. The van der Waals surface area contributed by atoms with Crippen LogP contribution >= 0.6 is 0 Å². The monoisotopic (exact) mass is 289 g/mol. The lowest BCUT2D eigenvalue weighted by atomic mass is 9.97. The van der Waals surface area contributed by atoms with Gasteiger partial charge in [-0.3, -0.25) is 4.79 Å². The van der Waals surface area contributed by atoms with Crippen LogP contribution in [-0.4, -0.2) is 40.8 Å². The molecular formula is C14H19N5O2. The van der Waals surface area contributed by atoms with E-state index in [9.17, 15) is 4.79 Å². The average Bonchev–Trinajstić information content (AvgIpc) is 2.88. The zero-order chi connectivity index (χ0) is 15.0. The molecule has 21 heavy (non-hydrogen) atoms. The molecule has 1 saturated heterocycles. The van der Waals surface area contributed by atoms with Gasteiger partial charge in [0.05, 0.1) is 24.4 Å². The number of aryl methyl sites for hydroxylation is 1. The highest BCUT2D eigenvalue weighted by Gasteiger charge is 2.27. The van der Waals surface area contributed by atoms with E-state index in [0.717, 1.165) is 36.4 Å². The second kappa shape index (κ2) is 5.23. The molecule has 2 N–H and O–H groups in total. The summed E-state index contributed by atoms with van der Waals surface area (Å²) in [4.78, 5) is 18.1. The Bertz CT molecular complexity index is 681. The Morgan fingerprint density at radius 1 is 1.48 bits per heavy atom. The van der Waals surface area contributed by atoms with E-state index >= 15 is 0 Å². The third-order valence-electron chi connectivity index (χ3n) is 4.02. The molecule has 2 aromatic heterocycles. The highest BCUT2D eigenvalue weighted by molar-refractivity contribution is 5.73. The lowest BCUT2D eigenvalue weighted by molar-refractivity contribution is -0.145. The van der Waals surface area contributed by atoms with E-state index in [-0.39, 0.29) is 17.8 Å². The molecule has 2 aromatic rings. The topological polar surface area (TPSA) is 85.8 Å². The first kappa shape index (κ1) is 13.7. The van der Waals surface area contributed by atoms with Crippen LogP contribution in [0.4, 0.5) is 11.6 Å². The second-order valence-electron chi connectivity index (χ2n) is 5.35. The van der Waals surface area contributed by atoms with Crippen molar-refractivity contribution in [3.8, 4) is 0 Å². The lowest BCUT2D eigenvalue weighted by Gasteiger charge is -2.33. The van der Waals surface area contributed by atoms with Crippen LogP contribution in [0.25, 0.3) is 5.65 Å². The first-order valence-corrected chi connectivity index (χ1v) is 7.05. The summed E-state index contributed by atoms with van der Waals surface area (Å²) in [6.45, 7) is 3.57. The van der Waals surface area contributed by atoms with Crippen molar-refractivity contribution < 1.29 is 9.53 Å². The normalized spacial score (nSPS) is 19.0. The molecule has 1 unspecified atom stereocenters. The van der Waals surface area contributed by atoms with Crippen molar-refractivity contribution in [2.24, 2.45) is 5.92 Å². The summed E-state index contributed by atoms with van der Waals surface area (Å²) < 4.78 is 6.61. The largest absolute Gasteiger partial charge is 0.469 e. The number of methoxy groups -OCH3 is 1. The number of nitrogens with zero attached hydrogens (tertiary/aromatic N) is 4. The van der Waals surface area contributed by atoms with E-state index in [0.29, 0.717) is 6.54 Å². The quantitative estimate of drug-likeness (QED) is 0.830. The minimum absolute atomic E-state index is 0.0698. The van der Waals surface area contributed by atoms with E-state index in [4.69, 9.17) is 10.5 Å². The minimum atomic E-state index is -0.136. The lowest BCUT2D eigenvalue weighted by Crippen LogP contribution is -2.39. The molecule has 0 radical (unpaired) electrons. The molecule has 0 aliphatic carbocycles. The number of ether oxygens (including phenoxy) is 1. The van der Waals surface area contributed by atoms with Gasteiger partial charge in [0.15, 0.2) is 5.65 Å². The Kier molecular flexibility index (Phi) is 3.40. The van der Waals surface area contributed by atoms with Gasteiger partial charge in [-0.05, 0) is 31.9 Å². The molecule has 112 valence electrons. The maximum Gasteiger partial charge on any atom is 0.310 e. The molecule has 3 heterocycles. The molecule has 7 heteroatoms. The number of pyridine rings is 1. The van der Waals surface area contributed by atoms with E-state index in [2.05, 4.69) is 15.0 Å². The Morgan fingerprint density at radius 2 is 2.29 bits per heavy atom. The van der Waals surface area contributed by atoms with Crippen LogP contribution in [0.15, 0.2) is 12.1 Å². The number of rotatable bonds is 2. The van der Waals surface area contributed by atoms with Crippen LogP contribution in [0.5, 0.6) is 0 Å². The molecule has 0 saturated carbocycles. The summed E-state index contributed by atoms with van der Waals surface area (Å²) in [5.74, 6) is 0.0597. The number of hydrogen-bond acceptors (Lipinski definition) is 6. The molecule has 1 atom stereocenters. The molecule has 0 aromatic carbocycles. The van der Waals surface area contributed by atoms with Crippen LogP contribution in [0.1, 0.15) is 18.5 Å². The maximum absolute atomic E-state index is 11.8. The number of fused-ring (bicyclic) bond motifs is 1. The maximum atomic E-state index is 11.8. The Hall–Kier alpha value is -2.31. The molecule has 1 aliphatic rings. The number of nitrogen functional groups attached to an aromatic ring is 1. The zero-order valence-corrected chi connectivity index (χ0v) is 12.2. The molecular weight excluding hydrogens is 270 g/mol. The van der Waals surface area contributed by atoms with Crippen LogP contribution in [0.2, 0.25) is 0 Å². The molecule has 1 aliphatic heterocycles. The van der Waals surface area contributed by atoms with E-state index in [1.807, 2.05) is 19.1 Å². The fourth-order valence-corrected chi connectivity index (χ4v) is 2.97. The van der Waals surface area contributed by atoms with E-state index < -0.39 is 0 Å². The Morgan fingerprint density at radius 3 is 3.05 bits per heavy atom. The van der Waals surface area contributed by atoms with Gasteiger partial charge < -0.3 is 15.4 Å². The molecule has 0 bridgehead atoms. The predicted octanol–water partition coefficient (Wildman–Crippen LogP) is 1.01. The number of aromatic nitrogens is 3. The van der Waals surface area contributed by atoms with Gasteiger partial charge in [0.2, 0.25) is 5.95 Å². The molecule has 0 amide bonds. The van der Waals surface area contributed by atoms with E-state index in [1.165, 1.54) is 7.11 Å². The third kappa shape index (κ3) is 2.39. The number of anilines is 2. The highest BCUT2D eigenvalue weighted by atomic mass is 16.5. The smallest absolute Gasteiger partial charge is 0.310 e. The zero-order valence-electron chi connectivity index (χ0n) is 12.2. The highest BCUT2D eigenvalue weighted by Crippen LogP contribution is 2.27. The predicted molar refractivity (Wildman–Crippen MR) is 79.1 cm³/mol. The first-order chi connectivity index (χ1) is 10.1. The van der Waals surface area contributed by atoms with Crippen LogP contribution in [0, 0.1) is 12.8 Å². The minimum Gasteiger partial charge on any atom is -0.469 e. The summed E-state index contributed by atoms with van der Waals surface area (Å²) in [5, 5.41) is 4.20. The van der Waals surface area contributed by atoms with Crippen molar-refractivity contribution in [3.05, 3.63) is 17.8 Å². The van der Waals surface area contributed by atoms with Crippen molar-refractivity contribution in [3.63, 3.8) is 0 Å². The molecule has 3 rings (SSSR count). The van der Waals surface area contributed by atoms with Crippen molar-refractivity contribution in [2.75, 3.05) is 30.8 Å². The fraction of sp³-hybridized carbons (Fsp3) is 0.500. The van der Waals surface area contributed by atoms with Gasteiger partial charge in [-0.15, -0.1) is 5.10 Å². The van der Waals surface area contributed by atoms with Gasteiger partial charge in [0.25, 0.3) is 0 Å². The van der Waals surface area contributed by atoms with Crippen LogP contribution in [0.3, 0.4) is 0 Å². The number of piperidine rings is 1. The standard InChI is InChI=1S/C14H19N5O2/c1-9-11(5-6-12-16-14(15)17-19(9)12)18-7-3-4-10(8-18)13(20)21-2/h5-6,10H,3-4,7-8H2,1-2H3,(H2,15,17). The van der Waals surface area contributed by atoms with Gasteiger partial charge in [-0.1, -0.05) is 0 Å². The van der Waals surface area contributed by atoms with Gasteiger partial charge in [-0.25, -0.2) is 4.52 Å². The van der Waals surface area contributed by atoms with Crippen molar-refractivity contribution in [1.82, 2.24) is 14.6 Å². The fourth-order valence-electron chi connectivity index (χ4n) is 2.97. The van der Waals surface area contributed by atoms with Crippen molar-refractivity contribution >= 4 is 23.3 Å². The number of carbonyl (C=O) groups excluding carboxylic acids is 1. The van der Waals surface area contributed by atoms with E-state index in [1.54, 1.807) is 4.52 Å². The molecule has 7 nitrogen and oxygen atoms in total. The van der Waals surface area contributed by atoms with Crippen LogP contribution < -0.4 is 10.6 Å². The Labute approximate surface area is 122 Å². The first-order valence-electron chi connectivity index (χ1n) is 7.05. The summed E-state index contributed by atoms with van der Waals surface area (Å²) in [6, 6.07) is 3.91.